The van der Waals surface area contributed by atoms with Crippen molar-refractivity contribution in [3.05, 3.63) is 113 Å². The maximum atomic E-state index is 6.62. The van der Waals surface area contributed by atoms with Gasteiger partial charge in [-0.3, -0.25) is 0 Å². The highest BCUT2D eigenvalue weighted by Gasteiger charge is 2.13. The maximum Gasteiger partial charge on any atom is 0.0448 e. The van der Waals surface area contributed by atoms with Gasteiger partial charge in [-0.2, -0.15) is 0 Å². The van der Waals surface area contributed by atoms with Crippen LogP contribution in [0.2, 0.25) is 0 Å². The Morgan fingerprint density at radius 1 is 0.708 bits per heavy atom. The summed E-state index contributed by atoms with van der Waals surface area (Å²) in [4.78, 5) is 0. The second-order valence-corrected chi connectivity index (χ2v) is 6.59. The Balaban J connectivity index is 2.04. The lowest BCUT2D eigenvalue weighted by Gasteiger charge is -2.16. The third-order valence-electron chi connectivity index (χ3n) is 4.24. The molecule has 0 saturated carbocycles. The fourth-order valence-electron chi connectivity index (χ4n) is 2.77. The summed E-state index contributed by atoms with van der Waals surface area (Å²) in [6.07, 6.45) is 2.15. The zero-order chi connectivity index (χ0) is 16.9. The van der Waals surface area contributed by atoms with Crippen LogP contribution in [0.1, 0.15) is 33.7 Å². The van der Waals surface area contributed by atoms with Gasteiger partial charge in [0.15, 0.2) is 0 Å². The SMILES string of the molecule is Cc1ccc(C(C=C(Cl)c2ccccc2)c2ccc(C)cc2)cc1. The summed E-state index contributed by atoms with van der Waals surface area (Å²) < 4.78 is 0. The van der Waals surface area contributed by atoms with Crippen molar-refractivity contribution in [2.24, 2.45) is 0 Å². The van der Waals surface area contributed by atoms with Crippen molar-refractivity contribution in [3.8, 4) is 0 Å². The Bertz CT molecular complexity index is 767. The highest BCUT2D eigenvalue weighted by atomic mass is 35.5. The van der Waals surface area contributed by atoms with E-state index in [1.54, 1.807) is 0 Å². The summed E-state index contributed by atoms with van der Waals surface area (Å²) in [5.41, 5.74) is 6.07. The molecule has 0 aromatic heterocycles. The number of aryl methyl sites for hydroxylation is 2. The molecule has 3 aromatic rings. The average Bonchev–Trinajstić information content (AvgIpc) is 2.62. The van der Waals surface area contributed by atoms with Gasteiger partial charge in [0.2, 0.25) is 0 Å². The number of rotatable bonds is 4. The molecule has 0 bridgehead atoms. The molecule has 0 aliphatic heterocycles. The van der Waals surface area contributed by atoms with Crippen molar-refractivity contribution in [1.82, 2.24) is 0 Å². The Morgan fingerprint density at radius 3 is 1.62 bits per heavy atom. The van der Waals surface area contributed by atoms with Gasteiger partial charge in [0.1, 0.15) is 0 Å². The summed E-state index contributed by atoms with van der Waals surface area (Å²) in [5, 5.41) is 0.779. The van der Waals surface area contributed by atoms with Gasteiger partial charge in [0, 0.05) is 11.0 Å². The van der Waals surface area contributed by atoms with Crippen molar-refractivity contribution in [3.63, 3.8) is 0 Å². The molecular formula is C23H21Cl. The summed E-state index contributed by atoms with van der Waals surface area (Å²) in [6, 6.07) is 27.5. The van der Waals surface area contributed by atoms with Gasteiger partial charge in [-0.25, -0.2) is 0 Å². The largest absolute Gasteiger partial charge is 0.0840 e. The standard InChI is InChI=1S/C23H21Cl/c1-17-8-12-19(13-9-17)22(20-14-10-18(2)11-15-20)16-23(24)21-6-4-3-5-7-21/h3-16,22H,1-2H3. The number of hydrogen-bond acceptors (Lipinski definition) is 0. The van der Waals surface area contributed by atoms with Crippen LogP contribution in [0.15, 0.2) is 84.9 Å². The van der Waals surface area contributed by atoms with Gasteiger partial charge in [-0.15, -0.1) is 0 Å². The van der Waals surface area contributed by atoms with Crippen LogP contribution in [0.25, 0.3) is 5.03 Å². The third kappa shape index (κ3) is 3.96. The Labute approximate surface area is 149 Å². The fourth-order valence-corrected chi connectivity index (χ4v) is 3.02. The van der Waals surface area contributed by atoms with Crippen LogP contribution in [0.3, 0.4) is 0 Å². The van der Waals surface area contributed by atoms with Crippen LogP contribution in [-0.4, -0.2) is 0 Å². The van der Waals surface area contributed by atoms with Crippen LogP contribution in [0.4, 0.5) is 0 Å². The van der Waals surface area contributed by atoms with E-state index in [1.165, 1.54) is 22.3 Å². The Hall–Kier alpha value is -2.31. The van der Waals surface area contributed by atoms with Gasteiger partial charge in [-0.1, -0.05) is 108 Å². The van der Waals surface area contributed by atoms with Gasteiger partial charge in [0.25, 0.3) is 0 Å². The summed E-state index contributed by atoms with van der Waals surface area (Å²) in [6.45, 7) is 4.22. The van der Waals surface area contributed by atoms with Crippen molar-refractivity contribution < 1.29 is 0 Å². The predicted octanol–water partition coefficient (Wildman–Crippen LogP) is 6.72. The molecule has 120 valence electrons. The molecule has 0 amide bonds. The molecule has 0 nitrogen and oxygen atoms in total. The molecule has 0 fully saturated rings. The lowest BCUT2D eigenvalue weighted by Crippen LogP contribution is -1.99. The van der Waals surface area contributed by atoms with E-state index in [4.69, 9.17) is 11.6 Å². The van der Waals surface area contributed by atoms with Crippen molar-refractivity contribution in [1.29, 1.82) is 0 Å². The van der Waals surface area contributed by atoms with E-state index in [0.29, 0.717) is 0 Å². The second kappa shape index (κ2) is 7.51. The van der Waals surface area contributed by atoms with E-state index in [9.17, 15) is 0 Å². The molecule has 0 saturated heterocycles. The average molecular weight is 333 g/mol. The summed E-state index contributed by atoms with van der Waals surface area (Å²) >= 11 is 6.62. The zero-order valence-corrected chi connectivity index (χ0v) is 14.8. The van der Waals surface area contributed by atoms with E-state index in [0.717, 1.165) is 10.6 Å². The quantitative estimate of drug-likeness (QED) is 0.497. The Morgan fingerprint density at radius 2 is 1.17 bits per heavy atom. The fraction of sp³-hybridized carbons (Fsp3) is 0.130. The molecular weight excluding hydrogens is 312 g/mol. The molecule has 3 aromatic carbocycles. The van der Waals surface area contributed by atoms with E-state index < -0.39 is 0 Å². The first-order valence-corrected chi connectivity index (χ1v) is 8.57. The maximum absolute atomic E-state index is 6.62. The Kier molecular flexibility index (Phi) is 5.17. The normalized spacial score (nSPS) is 11.8. The van der Waals surface area contributed by atoms with Gasteiger partial charge >= 0.3 is 0 Å². The van der Waals surface area contributed by atoms with Crippen LogP contribution in [0.5, 0.6) is 0 Å². The first-order valence-electron chi connectivity index (χ1n) is 8.19. The highest BCUT2D eigenvalue weighted by Crippen LogP contribution is 2.31. The minimum Gasteiger partial charge on any atom is -0.0840 e. The predicted molar refractivity (Wildman–Crippen MR) is 104 cm³/mol. The van der Waals surface area contributed by atoms with E-state index in [1.807, 2.05) is 30.3 Å². The monoisotopic (exact) mass is 332 g/mol. The minimum atomic E-state index is 0.138. The molecule has 0 atom stereocenters. The van der Waals surface area contributed by atoms with Crippen LogP contribution in [0, 0.1) is 13.8 Å². The number of allylic oxidation sites excluding steroid dienone is 1. The topological polar surface area (TPSA) is 0 Å². The van der Waals surface area contributed by atoms with E-state index in [2.05, 4.69) is 68.5 Å². The second-order valence-electron chi connectivity index (χ2n) is 6.18. The summed E-state index contributed by atoms with van der Waals surface area (Å²) in [5.74, 6) is 0.138. The molecule has 0 aliphatic carbocycles. The molecule has 0 unspecified atom stereocenters. The molecule has 0 aliphatic rings. The molecule has 0 heterocycles. The highest BCUT2D eigenvalue weighted by molar-refractivity contribution is 6.48. The molecule has 0 spiro atoms. The van der Waals surface area contributed by atoms with Crippen LogP contribution >= 0.6 is 11.6 Å². The molecule has 3 rings (SSSR count). The van der Waals surface area contributed by atoms with E-state index in [-0.39, 0.29) is 5.92 Å². The van der Waals surface area contributed by atoms with Crippen molar-refractivity contribution in [2.45, 2.75) is 19.8 Å². The van der Waals surface area contributed by atoms with Crippen molar-refractivity contribution >= 4 is 16.6 Å². The first-order chi connectivity index (χ1) is 11.6. The van der Waals surface area contributed by atoms with Gasteiger partial charge in [-0.05, 0) is 30.5 Å². The molecule has 1 heteroatoms. The molecule has 24 heavy (non-hydrogen) atoms. The molecule has 0 radical (unpaired) electrons. The lowest BCUT2D eigenvalue weighted by molar-refractivity contribution is 1.03. The number of halogens is 1. The lowest BCUT2D eigenvalue weighted by atomic mass is 9.89. The van der Waals surface area contributed by atoms with Crippen LogP contribution in [-0.2, 0) is 0 Å². The third-order valence-corrected chi connectivity index (χ3v) is 4.58. The number of benzene rings is 3. The van der Waals surface area contributed by atoms with Gasteiger partial charge in [0.05, 0.1) is 0 Å². The summed E-state index contributed by atoms with van der Waals surface area (Å²) in [7, 11) is 0. The van der Waals surface area contributed by atoms with Gasteiger partial charge < -0.3 is 0 Å². The first kappa shape index (κ1) is 16.5. The number of hydrogen-bond donors (Lipinski definition) is 0. The smallest absolute Gasteiger partial charge is 0.0448 e. The zero-order valence-electron chi connectivity index (χ0n) is 14.0. The van der Waals surface area contributed by atoms with Crippen molar-refractivity contribution in [2.75, 3.05) is 0 Å². The molecule has 0 N–H and O–H groups in total. The minimum absolute atomic E-state index is 0.138. The van der Waals surface area contributed by atoms with Crippen LogP contribution < -0.4 is 0 Å². The van der Waals surface area contributed by atoms with E-state index >= 15 is 0 Å².